The summed E-state index contributed by atoms with van der Waals surface area (Å²) in [4.78, 5) is 16.4. The lowest BCUT2D eigenvalue weighted by molar-refractivity contribution is 0.327. The van der Waals surface area contributed by atoms with Gasteiger partial charge in [0, 0.05) is 30.4 Å². The van der Waals surface area contributed by atoms with Gasteiger partial charge in [-0.2, -0.15) is 4.98 Å². The Morgan fingerprint density at radius 1 is 1.04 bits per heavy atom. The second kappa shape index (κ2) is 7.23. The van der Waals surface area contributed by atoms with Crippen LogP contribution in [0.1, 0.15) is 54.1 Å². The van der Waals surface area contributed by atoms with E-state index >= 15 is 0 Å². The van der Waals surface area contributed by atoms with Crippen LogP contribution in [0.5, 0.6) is 6.01 Å². The van der Waals surface area contributed by atoms with Crippen LogP contribution >= 0.6 is 0 Å². The van der Waals surface area contributed by atoms with Crippen molar-refractivity contribution in [2.24, 2.45) is 0 Å². The molecule has 0 bridgehead atoms. The fraction of sp³-hybridized carbons (Fsp3) is 0.350. The Labute approximate surface area is 151 Å². The van der Waals surface area contributed by atoms with E-state index in [9.17, 15) is 4.39 Å². The van der Waals surface area contributed by atoms with Crippen LogP contribution in [0.15, 0.2) is 48.9 Å². The monoisotopic (exact) mass is 352 g/mol. The molecule has 1 aromatic carbocycles. The Morgan fingerprint density at radius 3 is 2.62 bits per heavy atom. The number of hydrogen-bond donors (Lipinski definition) is 1. The number of halogens is 1. The van der Waals surface area contributed by atoms with Crippen molar-refractivity contribution in [2.75, 3.05) is 7.11 Å². The van der Waals surface area contributed by atoms with Crippen LogP contribution in [0, 0.1) is 5.82 Å². The average molecular weight is 352 g/mol. The molecule has 0 amide bonds. The summed E-state index contributed by atoms with van der Waals surface area (Å²) in [6.07, 6.45) is 8.35. The van der Waals surface area contributed by atoms with Gasteiger partial charge in [-0.1, -0.05) is 12.1 Å². The molecule has 0 radical (unpaired) electrons. The number of imidazole rings is 1. The third kappa shape index (κ3) is 3.31. The topological polar surface area (TPSA) is 63.7 Å². The normalized spacial score (nSPS) is 22.9. The number of nitrogens with one attached hydrogen (secondary N) is 1. The van der Waals surface area contributed by atoms with Crippen molar-refractivity contribution >= 4 is 0 Å². The van der Waals surface area contributed by atoms with Crippen LogP contribution in [0.4, 0.5) is 4.39 Å². The van der Waals surface area contributed by atoms with Gasteiger partial charge in [-0.3, -0.25) is 0 Å². The highest BCUT2D eigenvalue weighted by Crippen LogP contribution is 2.48. The summed E-state index contributed by atoms with van der Waals surface area (Å²) in [5.74, 6) is 1.64. The van der Waals surface area contributed by atoms with Gasteiger partial charge in [0.15, 0.2) is 0 Å². The molecule has 134 valence electrons. The molecule has 3 unspecified atom stereocenters. The van der Waals surface area contributed by atoms with E-state index in [1.807, 2.05) is 24.4 Å². The summed E-state index contributed by atoms with van der Waals surface area (Å²) >= 11 is 0. The molecule has 6 heteroatoms. The largest absolute Gasteiger partial charge is 0.467 e. The van der Waals surface area contributed by atoms with E-state index in [-0.39, 0.29) is 17.7 Å². The molecule has 2 heterocycles. The molecule has 0 spiro atoms. The van der Waals surface area contributed by atoms with Crippen LogP contribution in [-0.4, -0.2) is 27.0 Å². The molecule has 2 aromatic heterocycles. The van der Waals surface area contributed by atoms with Crippen molar-refractivity contribution in [3.05, 3.63) is 71.8 Å². The van der Waals surface area contributed by atoms with Crippen molar-refractivity contribution in [3.8, 4) is 6.01 Å². The molecule has 4 rings (SSSR count). The summed E-state index contributed by atoms with van der Waals surface area (Å²) in [5, 5.41) is 0. The molecular formula is C20H21FN4O. The predicted molar refractivity (Wildman–Crippen MR) is 95.6 cm³/mol. The molecule has 0 saturated heterocycles. The van der Waals surface area contributed by atoms with Crippen LogP contribution in [0.25, 0.3) is 0 Å². The first-order chi connectivity index (χ1) is 12.7. The number of ether oxygens (including phenoxy) is 1. The lowest BCUT2D eigenvalue weighted by atomic mass is 9.69. The van der Waals surface area contributed by atoms with Gasteiger partial charge in [0.2, 0.25) is 0 Å². The fourth-order valence-electron chi connectivity index (χ4n) is 4.01. The van der Waals surface area contributed by atoms with Crippen LogP contribution in [-0.2, 0) is 0 Å². The van der Waals surface area contributed by atoms with E-state index in [1.165, 1.54) is 12.1 Å². The van der Waals surface area contributed by atoms with Gasteiger partial charge in [0.05, 0.1) is 12.8 Å². The smallest absolute Gasteiger partial charge is 0.316 e. The van der Waals surface area contributed by atoms with Crippen LogP contribution in [0.3, 0.4) is 0 Å². The number of aromatic nitrogens is 4. The standard InChI is InChI=1S/C20H21FN4O/c1-26-20-24-9-8-18(25-20)17-12-14(19-22-10-11-23-19)4-7-16(17)13-2-5-15(21)6-3-13/h2-3,5-6,8-11,14,16-17H,4,7,12H2,1H3,(H,22,23). The fourth-order valence-corrected chi connectivity index (χ4v) is 4.01. The zero-order valence-corrected chi connectivity index (χ0v) is 14.6. The van der Waals surface area contributed by atoms with Crippen molar-refractivity contribution in [1.29, 1.82) is 0 Å². The highest BCUT2D eigenvalue weighted by molar-refractivity contribution is 5.28. The first-order valence-corrected chi connectivity index (χ1v) is 8.86. The second-order valence-corrected chi connectivity index (χ2v) is 6.72. The lowest BCUT2D eigenvalue weighted by Crippen LogP contribution is -2.23. The highest BCUT2D eigenvalue weighted by atomic mass is 19.1. The van der Waals surface area contributed by atoms with Crippen molar-refractivity contribution in [1.82, 2.24) is 19.9 Å². The number of H-pyrrole nitrogens is 1. The summed E-state index contributed by atoms with van der Waals surface area (Å²) < 4.78 is 18.6. The van der Waals surface area contributed by atoms with Gasteiger partial charge in [0.25, 0.3) is 0 Å². The number of nitrogens with zero attached hydrogens (tertiary/aromatic N) is 3. The Hall–Kier alpha value is -2.76. The summed E-state index contributed by atoms with van der Waals surface area (Å²) in [6, 6.07) is 9.17. The molecule has 5 nitrogen and oxygen atoms in total. The number of benzene rings is 1. The summed E-state index contributed by atoms with van der Waals surface area (Å²) in [5.41, 5.74) is 2.11. The van der Waals surface area contributed by atoms with Crippen molar-refractivity contribution < 1.29 is 9.13 Å². The first kappa shape index (κ1) is 16.7. The summed E-state index contributed by atoms with van der Waals surface area (Å²) in [7, 11) is 1.57. The van der Waals surface area contributed by atoms with Crippen LogP contribution < -0.4 is 4.74 Å². The van der Waals surface area contributed by atoms with Gasteiger partial charge >= 0.3 is 6.01 Å². The molecule has 26 heavy (non-hydrogen) atoms. The zero-order chi connectivity index (χ0) is 17.9. The minimum Gasteiger partial charge on any atom is -0.467 e. The van der Waals surface area contributed by atoms with E-state index in [2.05, 4.69) is 19.9 Å². The zero-order valence-electron chi connectivity index (χ0n) is 14.6. The van der Waals surface area contributed by atoms with E-state index < -0.39 is 0 Å². The van der Waals surface area contributed by atoms with Crippen molar-refractivity contribution in [2.45, 2.75) is 37.0 Å². The molecule has 1 N–H and O–H groups in total. The molecule has 1 fully saturated rings. The highest BCUT2D eigenvalue weighted by Gasteiger charge is 2.35. The Balaban J connectivity index is 1.69. The maximum Gasteiger partial charge on any atom is 0.316 e. The minimum atomic E-state index is -0.210. The quantitative estimate of drug-likeness (QED) is 0.765. The second-order valence-electron chi connectivity index (χ2n) is 6.72. The summed E-state index contributed by atoms with van der Waals surface area (Å²) in [6.45, 7) is 0. The molecular weight excluding hydrogens is 331 g/mol. The van der Waals surface area contributed by atoms with Crippen LogP contribution in [0.2, 0.25) is 0 Å². The van der Waals surface area contributed by atoms with E-state index in [4.69, 9.17) is 4.74 Å². The number of aromatic amines is 1. The molecule has 3 aromatic rings. The molecule has 0 aliphatic heterocycles. The SMILES string of the molecule is COc1nccc(C2CC(c3ncc[nH]3)CCC2c2ccc(F)cc2)n1. The first-order valence-electron chi connectivity index (χ1n) is 8.86. The van der Waals surface area contributed by atoms with E-state index in [0.29, 0.717) is 11.9 Å². The van der Waals surface area contributed by atoms with Crippen molar-refractivity contribution in [3.63, 3.8) is 0 Å². The average Bonchev–Trinajstić information content (AvgIpc) is 3.23. The van der Waals surface area contributed by atoms with E-state index in [1.54, 1.807) is 19.5 Å². The van der Waals surface area contributed by atoms with Gasteiger partial charge in [-0.05, 0) is 48.9 Å². The Bertz CT molecular complexity index is 851. The Morgan fingerprint density at radius 2 is 1.88 bits per heavy atom. The van der Waals surface area contributed by atoms with Gasteiger partial charge < -0.3 is 9.72 Å². The maximum absolute atomic E-state index is 13.4. The molecule has 1 aliphatic rings. The predicted octanol–water partition coefficient (Wildman–Crippen LogP) is 4.18. The van der Waals surface area contributed by atoms with Gasteiger partial charge in [0.1, 0.15) is 11.6 Å². The van der Waals surface area contributed by atoms with Gasteiger partial charge in [-0.15, -0.1) is 0 Å². The Kier molecular flexibility index (Phi) is 4.65. The molecule has 1 saturated carbocycles. The van der Waals surface area contributed by atoms with E-state index in [0.717, 1.165) is 36.3 Å². The molecule has 3 atom stereocenters. The maximum atomic E-state index is 13.4. The third-order valence-electron chi connectivity index (χ3n) is 5.27. The lowest BCUT2D eigenvalue weighted by Gasteiger charge is -2.35. The number of hydrogen-bond acceptors (Lipinski definition) is 4. The minimum absolute atomic E-state index is 0.196. The number of methoxy groups -OCH3 is 1. The number of rotatable bonds is 4. The van der Waals surface area contributed by atoms with Gasteiger partial charge in [-0.25, -0.2) is 14.4 Å². The molecule has 1 aliphatic carbocycles. The third-order valence-corrected chi connectivity index (χ3v) is 5.27.